The van der Waals surface area contributed by atoms with Gasteiger partial charge < -0.3 is 4.90 Å². The molecule has 0 aliphatic carbocycles. The molecule has 1 aromatic heterocycles. The summed E-state index contributed by atoms with van der Waals surface area (Å²) in [6.45, 7) is 0. The highest BCUT2D eigenvalue weighted by Crippen LogP contribution is 2.22. The van der Waals surface area contributed by atoms with Gasteiger partial charge >= 0.3 is 6.03 Å². The van der Waals surface area contributed by atoms with Crippen molar-refractivity contribution in [3.63, 3.8) is 0 Å². The van der Waals surface area contributed by atoms with Crippen LogP contribution in [0.5, 0.6) is 0 Å². The van der Waals surface area contributed by atoms with Crippen LogP contribution in [0.4, 0.5) is 20.8 Å². The molecule has 1 fully saturated rings. The summed E-state index contributed by atoms with van der Waals surface area (Å²) in [5, 5.41) is 2.07. The Hall–Kier alpha value is -3.62. The van der Waals surface area contributed by atoms with Gasteiger partial charge in [0, 0.05) is 32.1 Å². The molecule has 132 valence electrons. The Bertz CT molecular complexity index is 924. The number of aromatic nitrogens is 2. The minimum absolute atomic E-state index is 0.0186. The molecular weight excluding hydrogens is 341 g/mol. The Morgan fingerprint density at radius 1 is 1.15 bits per heavy atom. The van der Waals surface area contributed by atoms with Crippen LogP contribution in [0.15, 0.2) is 42.2 Å². The van der Waals surface area contributed by atoms with Gasteiger partial charge in [-0.05, 0) is 24.3 Å². The first-order valence-corrected chi connectivity index (χ1v) is 7.53. The molecular formula is C17H14FN5O3. The summed E-state index contributed by atoms with van der Waals surface area (Å²) in [7, 11) is 3.54. The van der Waals surface area contributed by atoms with E-state index >= 15 is 0 Å². The number of anilines is 2. The number of barbiturate groups is 1. The number of amides is 4. The molecule has 8 nitrogen and oxygen atoms in total. The smallest absolute Gasteiger partial charge is 0.335 e. The van der Waals surface area contributed by atoms with Gasteiger partial charge in [0.1, 0.15) is 11.4 Å². The number of urea groups is 1. The average molecular weight is 355 g/mol. The topological polar surface area (TPSA) is 95.5 Å². The van der Waals surface area contributed by atoms with E-state index in [-0.39, 0.29) is 11.3 Å². The number of benzene rings is 1. The molecule has 0 spiro atoms. The molecule has 2 aromatic rings. The van der Waals surface area contributed by atoms with Gasteiger partial charge in [-0.2, -0.15) is 0 Å². The fourth-order valence-electron chi connectivity index (χ4n) is 2.31. The van der Waals surface area contributed by atoms with Gasteiger partial charge in [0.15, 0.2) is 0 Å². The zero-order chi connectivity index (χ0) is 18.8. The molecule has 1 N–H and O–H groups in total. The quantitative estimate of drug-likeness (QED) is 0.660. The fourth-order valence-corrected chi connectivity index (χ4v) is 2.31. The lowest BCUT2D eigenvalue weighted by Crippen LogP contribution is -2.54. The van der Waals surface area contributed by atoms with Crippen molar-refractivity contribution in [2.45, 2.75) is 0 Å². The highest BCUT2D eigenvalue weighted by molar-refractivity contribution is 6.39. The molecule has 26 heavy (non-hydrogen) atoms. The predicted octanol–water partition coefficient (Wildman–Crippen LogP) is 1.35. The average Bonchev–Trinajstić information content (AvgIpc) is 2.59. The Morgan fingerprint density at radius 2 is 1.85 bits per heavy atom. The normalized spacial score (nSPS) is 16.0. The molecule has 1 aliphatic heterocycles. The minimum Gasteiger partial charge on any atom is -0.347 e. The number of halogens is 1. The Labute approximate surface area is 148 Å². The summed E-state index contributed by atoms with van der Waals surface area (Å²) in [4.78, 5) is 47.3. The predicted molar refractivity (Wildman–Crippen MR) is 91.8 cm³/mol. The molecule has 0 unspecified atom stereocenters. The van der Waals surface area contributed by atoms with Crippen molar-refractivity contribution >= 4 is 35.6 Å². The number of nitrogens with zero attached hydrogens (tertiary/aromatic N) is 4. The van der Waals surface area contributed by atoms with E-state index in [9.17, 15) is 18.8 Å². The van der Waals surface area contributed by atoms with Crippen LogP contribution in [0.1, 0.15) is 5.56 Å². The van der Waals surface area contributed by atoms with E-state index in [1.54, 1.807) is 19.0 Å². The van der Waals surface area contributed by atoms with Gasteiger partial charge in [-0.1, -0.05) is 6.07 Å². The van der Waals surface area contributed by atoms with Gasteiger partial charge in [-0.3, -0.25) is 14.9 Å². The number of imide groups is 2. The van der Waals surface area contributed by atoms with E-state index in [4.69, 9.17) is 0 Å². The fraction of sp³-hybridized carbons (Fsp3) is 0.118. The lowest BCUT2D eigenvalue weighted by molar-refractivity contribution is -0.122. The monoisotopic (exact) mass is 355 g/mol. The molecule has 1 aliphatic rings. The lowest BCUT2D eigenvalue weighted by atomic mass is 10.1. The molecule has 0 saturated carbocycles. The van der Waals surface area contributed by atoms with E-state index in [2.05, 4.69) is 15.3 Å². The summed E-state index contributed by atoms with van der Waals surface area (Å²) >= 11 is 0. The number of carbonyl (C=O) groups is 3. The second-order valence-electron chi connectivity index (χ2n) is 5.65. The molecule has 3 rings (SSSR count). The van der Waals surface area contributed by atoms with E-state index in [0.717, 1.165) is 6.07 Å². The highest BCUT2D eigenvalue weighted by atomic mass is 19.1. The van der Waals surface area contributed by atoms with Crippen molar-refractivity contribution in [1.29, 1.82) is 0 Å². The Kier molecular flexibility index (Phi) is 4.44. The van der Waals surface area contributed by atoms with Crippen LogP contribution in [0.2, 0.25) is 0 Å². The standard InChI is InChI=1S/C17H14FN5O3/c1-22(2)16-19-8-10(9-20-16)6-13-14(24)21-17(26)23(15(13)25)12-5-3-4-11(18)7-12/h3-9H,1-2H3,(H,21,24,26). The van der Waals surface area contributed by atoms with Crippen molar-refractivity contribution in [2.24, 2.45) is 0 Å². The van der Waals surface area contributed by atoms with Gasteiger partial charge in [0.05, 0.1) is 5.69 Å². The molecule has 9 heteroatoms. The van der Waals surface area contributed by atoms with Crippen molar-refractivity contribution in [2.75, 3.05) is 23.9 Å². The van der Waals surface area contributed by atoms with Crippen molar-refractivity contribution < 1.29 is 18.8 Å². The van der Waals surface area contributed by atoms with E-state index in [1.165, 1.54) is 36.7 Å². The molecule has 0 bridgehead atoms. The van der Waals surface area contributed by atoms with Crippen LogP contribution in [-0.4, -0.2) is 41.9 Å². The zero-order valence-corrected chi connectivity index (χ0v) is 13.9. The Balaban J connectivity index is 1.97. The van der Waals surface area contributed by atoms with Gasteiger partial charge in [-0.25, -0.2) is 24.1 Å². The summed E-state index contributed by atoms with van der Waals surface area (Å²) < 4.78 is 13.4. The van der Waals surface area contributed by atoms with Crippen molar-refractivity contribution in [3.8, 4) is 0 Å². The molecule has 0 atom stereocenters. The second-order valence-corrected chi connectivity index (χ2v) is 5.65. The third-order valence-electron chi connectivity index (χ3n) is 3.54. The molecule has 2 heterocycles. The summed E-state index contributed by atoms with van der Waals surface area (Å²) in [6, 6.07) is 4.02. The molecule has 1 saturated heterocycles. The van der Waals surface area contributed by atoms with E-state index < -0.39 is 23.7 Å². The number of hydrogen-bond acceptors (Lipinski definition) is 6. The zero-order valence-electron chi connectivity index (χ0n) is 13.9. The summed E-state index contributed by atoms with van der Waals surface area (Å²) in [5.74, 6) is -1.85. The first-order valence-electron chi connectivity index (χ1n) is 7.53. The molecule has 0 radical (unpaired) electrons. The van der Waals surface area contributed by atoms with E-state index in [1.807, 2.05) is 0 Å². The maximum absolute atomic E-state index is 13.4. The van der Waals surface area contributed by atoms with Crippen LogP contribution in [0.3, 0.4) is 0 Å². The van der Waals surface area contributed by atoms with Crippen LogP contribution < -0.4 is 15.1 Å². The first-order chi connectivity index (χ1) is 12.4. The number of rotatable bonds is 3. The minimum atomic E-state index is -0.943. The molecule has 4 amide bonds. The third kappa shape index (κ3) is 3.27. The summed E-state index contributed by atoms with van der Waals surface area (Å²) in [5.41, 5.74) is 0.141. The van der Waals surface area contributed by atoms with Gasteiger partial charge in [0.2, 0.25) is 5.95 Å². The van der Waals surface area contributed by atoms with Crippen molar-refractivity contribution in [3.05, 3.63) is 53.6 Å². The number of nitrogens with one attached hydrogen (secondary N) is 1. The third-order valence-corrected chi connectivity index (χ3v) is 3.54. The van der Waals surface area contributed by atoms with Gasteiger partial charge in [0.25, 0.3) is 11.8 Å². The number of carbonyl (C=O) groups excluding carboxylic acids is 3. The van der Waals surface area contributed by atoms with Crippen LogP contribution in [0, 0.1) is 5.82 Å². The van der Waals surface area contributed by atoms with Crippen LogP contribution >= 0.6 is 0 Å². The van der Waals surface area contributed by atoms with Gasteiger partial charge in [-0.15, -0.1) is 0 Å². The summed E-state index contributed by atoms with van der Waals surface area (Å²) in [6.07, 6.45) is 4.16. The second kappa shape index (κ2) is 6.71. The Morgan fingerprint density at radius 3 is 2.46 bits per heavy atom. The maximum Gasteiger partial charge on any atom is 0.335 e. The van der Waals surface area contributed by atoms with Crippen molar-refractivity contribution in [1.82, 2.24) is 15.3 Å². The molecule has 1 aromatic carbocycles. The van der Waals surface area contributed by atoms with Crippen LogP contribution in [0.25, 0.3) is 6.08 Å². The van der Waals surface area contributed by atoms with E-state index in [0.29, 0.717) is 16.4 Å². The first kappa shape index (κ1) is 17.2. The lowest BCUT2D eigenvalue weighted by Gasteiger charge is -2.26. The maximum atomic E-state index is 13.4. The number of hydrogen-bond donors (Lipinski definition) is 1. The SMILES string of the molecule is CN(C)c1ncc(C=C2C(=O)NC(=O)N(c3cccc(F)c3)C2=O)cn1. The van der Waals surface area contributed by atoms with Crippen LogP contribution in [-0.2, 0) is 9.59 Å². The largest absolute Gasteiger partial charge is 0.347 e. The highest BCUT2D eigenvalue weighted by Gasteiger charge is 2.36.